The summed E-state index contributed by atoms with van der Waals surface area (Å²) in [6, 6.07) is 5.95. The van der Waals surface area contributed by atoms with Crippen molar-refractivity contribution in [2.75, 3.05) is 6.61 Å². The van der Waals surface area contributed by atoms with E-state index in [4.69, 9.17) is 23.2 Å². The predicted molar refractivity (Wildman–Crippen MR) is 102 cm³/mol. The van der Waals surface area contributed by atoms with Crippen molar-refractivity contribution in [2.24, 2.45) is 0 Å². The summed E-state index contributed by atoms with van der Waals surface area (Å²) < 4.78 is 0. The van der Waals surface area contributed by atoms with Gasteiger partial charge < -0.3 is 15.0 Å². The summed E-state index contributed by atoms with van der Waals surface area (Å²) >= 11 is 14.5. The van der Waals surface area contributed by atoms with Gasteiger partial charge in [-0.3, -0.25) is 4.79 Å². The normalized spacial score (nSPS) is 17.1. The Morgan fingerprint density at radius 1 is 1.48 bits per heavy atom. The summed E-state index contributed by atoms with van der Waals surface area (Å²) in [6.07, 6.45) is 0.688. The molecule has 0 unspecified atom stereocenters. The summed E-state index contributed by atoms with van der Waals surface area (Å²) in [7, 11) is 0. The molecule has 4 rings (SSSR count). The first-order chi connectivity index (χ1) is 12.0. The van der Waals surface area contributed by atoms with Gasteiger partial charge in [0.2, 0.25) is 5.91 Å². The topological polar surface area (TPSA) is 56.3 Å². The van der Waals surface area contributed by atoms with Gasteiger partial charge in [-0.15, -0.1) is 11.3 Å². The number of hydrogen-bond donors (Lipinski definition) is 2. The number of aliphatic hydroxyl groups is 1. The number of nitrogens with one attached hydrogen (secondary N) is 1. The maximum Gasteiger partial charge on any atom is 0.248 e. The Labute approximate surface area is 159 Å². The first-order valence-corrected chi connectivity index (χ1v) is 9.60. The summed E-state index contributed by atoms with van der Waals surface area (Å²) in [4.78, 5) is 18.3. The molecule has 3 heterocycles. The number of aromatic amines is 1. The van der Waals surface area contributed by atoms with E-state index in [1.807, 2.05) is 30.5 Å². The number of aliphatic hydroxyl groups excluding tert-OH is 1. The molecule has 7 heteroatoms. The molecule has 1 aliphatic heterocycles. The zero-order valence-corrected chi connectivity index (χ0v) is 15.8. The highest BCUT2D eigenvalue weighted by molar-refractivity contribution is 7.13. The van der Waals surface area contributed by atoms with Crippen LogP contribution in [0, 0.1) is 0 Å². The lowest BCUT2D eigenvalue weighted by Crippen LogP contribution is -2.43. The number of carbonyl (C=O) groups is 1. The average Bonchev–Trinajstić information content (AvgIpc) is 3.24. The fraction of sp³-hybridized carbons (Fsp3) is 0.278. The van der Waals surface area contributed by atoms with Gasteiger partial charge >= 0.3 is 0 Å². The number of H-pyrrole nitrogens is 1. The Hall–Kier alpha value is -1.53. The molecule has 0 bridgehead atoms. The van der Waals surface area contributed by atoms with Gasteiger partial charge in [-0.05, 0) is 24.4 Å². The van der Waals surface area contributed by atoms with Crippen LogP contribution in [0.4, 0.5) is 0 Å². The molecule has 25 heavy (non-hydrogen) atoms. The van der Waals surface area contributed by atoms with Crippen molar-refractivity contribution in [2.45, 2.75) is 25.9 Å². The Kier molecular flexibility index (Phi) is 4.28. The molecule has 130 valence electrons. The molecular weight excluding hydrogens is 379 g/mol. The predicted octanol–water partition coefficient (Wildman–Crippen LogP) is 4.47. The smallest absolute Gasteiger partial charge is 0.248 e. The molecule has 0 saturated heterocycles. The highest BCUT2D eigenvalue weighted by atomic mass is 35.5. The Bertz CT molecular complexity index is 966. The molecule has 0 fully saturated rings. The highest BCUT2D eigenvalue weighted by Gasteiger charge is 2.31. The van der Waals surface area contributed by atoms with Crippen LogP contribution in [-0.2, 0) is 17.8 Å². The van der Waals surface area contributed by atoms with Crippen LogP contribution in [0.3, 0.4) is 0 Å². The van der Waals surface area contributed by atoms with Crippen molar-refractivity contribution in [1.82, 2.24) is 9.88 Å². The maximum absolute atomic E-state index is 12.1. The molecule has 0 aliphatic carbocycles. The standard InChI is InChI=1S/C18H16Cl2N2O2S/c1-9-5-13-11(7-22(9)15(24)8-23)16-10(14-3-2-4-25-14)6-12(19)17(20)18(16)21-13/h2-4,6,9,21,23H,5,7-8H2,1H3/t9-/m1/s1. The Morgan fingerprint density at radius 3 is 2.96 bits per heavy atom. The molecule has 1 aliphatic rings. The van der Waals surface area contributed by atoms with Gasteiger partial charge in [0.15, 0.2) is 0 Å². The first-order valence-electron chi connectivity index (χ1n) is 7.97. The number of halogens is 2. The average molecular weight is 395 g/mol. The molecule has 0 radical (unpaired) electrons. The fourth-order valence-corrected chi connectivity index (χ4v) is 4.71. The molecule has 3 aromatic rings. The summed E-state index contributed by atoms with van der Waals surface area (Å²) in [5.41, 5.74) is 3.96. The largest absolute Gasteiger partial charge is 0.387 e. The number of hydrogen-bond acceptors (Lipinski definition) is 3. The fourth-order valence-electron chi connectivity index (χ4n) is 3.57. The molecule has 0 spiro atoms. The van der Waals surface area contributed by atoms with Gasteiger partial charge in [0.25, 0.3) is 0 Å². The summed E-state index contributed by atoms with van der Waals surface area (Å²) in [5.74, 6) is -0.259. The van der Waals surface area contributed by atoms with Crippen LogP contribution in [0.1, 0.15) is 18.2 Å². The lowest BCUT2D eigenvalue weighted by molar-refractivity contribution is -0.137. The van der Waals surface area contributed by atoms with Crippen LogP contribution in [0.5, 0.6) is 0 Å². The van der Waals surface area contributed by atoms with Gasteiger partial charge in [0.05, 0.1) is 15.6 Å². The monoisotopic (exact) mass is 394 g/mol. The molecule has 1 atom stereocenters. The van der Waals surface area contributed by atoms with Crippen molar-refractivity contribution >= 4 is 51.3 Å². The molecular formula is C18H16Cl2N2O2S. The van der Waals surface area contributed by atoms with Crippen molar-refractivity contribution in [3.8, 4) is 10.4 Å². The highest BCUT2D eigenvalue weighted by Crippen LogP contribution is 2.43. The molecule has 2 aromatic heterocycles. The number of thiophene rings is 1. The quantitative estimate of drug-likeness (QED) is 0.673. The molecule has 1 aromatic carbocycles. The second-order valence-electron chi connectivity index (χ2n) is 6.26. The van der Waals surface area contributed by atoms with E-state index in [2.05, 4.69) is 4.98 Å². The zero-order chi connectivity index (χ0) is 17.7. The zero-order valence-electron chi connectivity index (χ0n) is 13.5. The van der Waals surface area contributed by atoms with Crippen molar-refractivity contribution in [1.29, 1.82) is 0 Å². The van der Waals surface area contributed by atoms with E-state index in [-0.39, 0.29) is 11.9 Å². The van der Waals surface area contributed by atoms with E-state index >= 15 is 0 Å². The molecule has 0 saturated carbocycles. The second kappa shape index (κ2) is 6.32. The number of carbonyl (C=O) groups excluding carboxylic acids is 1. The minimum atomic E-state index is -0.480. The van der Waals surface area contributed by atoms with Crippen LogP contribution >= 0.6 is 34.5 Å². The van der Waals surface area contributed by atoms with E-state index in [9.17, 15) is 9.90 Å². The van der Waals surface area contributed by atoms with Crippen molar-refractivity contribution in [3.63, 3.8) is 0 Å². The van der Waals surface area contributed by atoms with E-state index in [1.165, 1.54) is 0 Å². The van der Waals surface area contributed by atoms with E-state index in [0.29, 0.717) is 23.0 Å². The summed E-state index contributed by atoms with van der Waals surface area (Å²) in [6.45, 7) is 1.95. The number of nitrogens with zero attached hydrogens (tertiary/aromatic N) is 1. The maximum atomic E-state index is 12.1. The number of benzene rings is 1. The van der Waals surface area contributed by atoms with Crippen LogP contribution in [-0.4, -0.2) is 33.5 Å². The Morgan fingerprint density at radius 2 is 2.28 bits per heavy atom. The number of aromatic nitrogens is 1. The van der Waals surface area contributed by atoms with Gasteiger partial charge in [-0.1, -0.05) is 29.3 Å². The molecule has 4 nitrogen and oxygen atoms in total. The van der Waals surface area contributed by atoms with Crippen molar-refractivity contribution < 1.29 is 9.90 Å². The Balaban J connectivity index is 1.97. The van der Waals surface area contributed by atoms with E-state index < -0.39 is 6.61 Å². The number of fused-ring (bicyclic) bond motifs is 3. The lowest BCUT2D eigenvalue weighted by atomic mass is 9.96. The minimum absolute atomic E-state index is 0.0136. The second-order valence-corrected chi connectivity index (χ2v) is 8.00. The number of amides is 1. The van der Waals surface area contributed by atoms with Gasteiger partial charge in [-0.25, -0.2) is 0 Å². The third kappa shape index (κ3) is 2.66. The third-order valence-corrected chi connectivity index (χ3v) is 6.45. The van der Waals surface area contributed by atoms with Crippen LogP contribution in [0.15, 0.2) is 23.6 Å². The van der Waals surface area contributed by atoms with Crippen LogP contribution < -0.4 is 0 Å². The van der Waals surface area contributed by atoms with Gasteiger partial charge in [-0.2, -0.15) is 0 Å². The SMILES string of the molecule is C[C@@H]1Cc2[nH]c3c(Cl)c(Cl)cc(-c4cccs4)c3c2CN1C(=O)CO. The first kappa shape index (κ1) is 16.9. The van der Waals surface area contributed by atoms with E-state index in [0.717, 1.165) is 32.6 Å². The molecule has 2 N–H and O–H groups in total. The van der Waals surface area contributed by atoms with Crippen LogP contribution in [0.2, 0.25) is 10.0 Å². The molecule has 1 amide bonds. The third-order valence-electron chi connectivity index (χ3n) is 4.76. The van der Waals surface area contributed by atoms with E-state index in [1.54, 1.807) is 16.2 Å². The van der Waals surface area contributed by atoms with Crippen LogP contribution in [0.25, 0.3) is 21.3 Å². The minimum Gasteiger partial charge on any atom is -0.387 e. The lowest BCUT2D eigenvalue weighted by Gasteiger charge is -2.33. The van der Waals surface area contributed by atoms with Crippen molar-refractivity contribution in [3.05, 3.63) is 44.9 Å². The van der Waals surface area contributed by atoms with Gasteiger partial charge in [0, 0.05) is 46.1 Å². The number of rotatable bonds is 2. The van der Waals surface area contributed by atoms with Gasteiger partial charge in [0.1, 0.15) is 6.61 Å². The summed E-state index contributed by atoms with van der Waals surface area (Å²) in [5, 5.41) is 13.3.